The lowest BCUT2D eigenvalue weighted by Gasteiger charge is -2.31. The van der Waals surface area contributed by atoms with Gasteiger partial charge in [-0.2, -0.15) is 0 Å². The van der Waals surface area contributed by atoms with Crippen LogP contribution in [0.1, 0.15) is 54.6 Å². The molecule has 4 rings (SSSR count). The Morgan fingerprint density at radius 2 is 1.82 bits per heavy atom. The molecule has 0 unspecified atom stereocenters. The maximum absolute atomic E-state index is 5.51. The smallest absolute Gasteiger partial charge is 0.119 e. The largest absolute Gasteiger partial charge is 0.497 e. The van der Waals surface area contributed by atoms with E-state index < -0.39 is 0 Å². The molecule has 0 radical (unpaired) electrons. The van der Waals surface area contributed by atoms with E-state index in [-0.39, 0.29) is 6.04 Å². The van der Waals surface area contributed by atoms with Crippen molar-refractivity contribution >= 4 is 0 Å². The second-order valence-corrected chi connectivity index (χ2v) is 8.03. The first-order chi connectivity index (χ1) is 13.7. The molecule has 28 heavy (non-hydrogen) atoms. The van der Waals surface area contributed by atoms with E-state index in [1.165, 1.54) is 22.4 Å². The summed E-state index contributed by atoms with van der Waals surface area (Å²) in [7, 11) is 1.74. The van der Waals surface area contributed by atoms with Gasteiger partial charge in [0.25, 0.3) is 0 Å². The van der Waals surface area contributed by atoms with Crippen LogP contribution < -0.4 is 4.74 Å². The van der Waals surface area contributed by atoms with Crippen molar-refractivity contribution in [3.63, 3.8) is 0 Å². The molecule has 0 spiro atoms. The molecular weight excluding hydrogens is 344 g/mol. The SMILES string of the molecule is COc1cccc([C@@H]2c3cccn3CCCN2Cc2ccc(C(C)C)cc2)c1. The van der Waals surface area contributed by atoms with Crippen LogP contribution in [0.2, 0.25) is 0 Å². The lowest BCUT2D eigenvalue weighted by molar-refractivity contribution is 0.220. The third-order valence-electron chi connectivity index (χ3n) is 5.80. The third kappa shape index (κ3) is 3.85. The highest BCUT2D eigenvalue weighted by atomic mass is 16.5. The van der Waals surface area contributed by atoms with Gasteiger partial charge in [-0.15, -0.1) is 0 Å². The van der Waals surface area contributed by atoms with Gasteiger partial charge in [0.15, 0.2) is 0 Å². The molecule has 2 heterocycles. The number of methoxy groups -OCH3 is 1. The number of fused-ring (bicyclic) bond motifs is 1. The van der Waals surface area contributed by atoms with E-state index in [1.807, 2.05) is 6.07 Å². The summed E-state index contributed by atoms with van der Waals surface area (Å²) in [5.41, 5.74) is 5.43. The molecule has 146 valence electrons. The molecule has 0 aliphatic carbocycles. The predicted octanol–water partition coefficient (Wildman–Crippen LogP) is 5.62. The molecule has 0 N–H and O–H groups in total. The van der Waals surface area contributed by atoms with Gasteiger partial charge in [0, 0.05) is 31.5 Å². The Bertz CT molecular complexity index is 910. The molecule has 2 aromatic carbocycles. The van der Waals surface area contributed by atoms with E-state index >= 15 is 0 Å². The van der Waals surface area contributed by atoms with Gasteiger partial charge in [0.2, 0.25) is 0 Å². The van der Waals surface area contributed by atoms with Gasteiger partial charge >= 0.3 is 0 Å². The third-order valence-corrected chi connectivity index (χ3v) is 5.80. The number of benzene rings is 2. The van der Waals surface area contributed by atoms with Gasteiger partial charge in [-0.3, -0.25) is 4.90 Å². The topological polar surface area (TPSA) is 17.4 Å². The molecule has 1 aromatic heterocycles. The summed E-state index contributed by atoms with van der Waals surface area (Å²) in [6, 6.07) is 22.3. The van der Waals surface area contributed by atoms with E-state index in [4.69, 9.17) is 4.74 Å². The number of hydrogen-bond acceptors (Lipinski definition) is 2. The first-order valence-electron chi connectivity index (χ1n) is 10.3. The van der Waals surface area contributed by atoms with Crippen molar-refractivity contribution < 1.29 is 4.74 Å². The van der Waals surface area contributed by atoms with Crippen LogP contribution in [0.25, 0.3) is 0 Å². The zero-order chi connectivity index (χ0) is 19.5. The highest BCUT2D eigenvalue weighted by Gasteiger charge is 2.27. The van der Waals surface area contributed by atoms with Crippen LogP contribution in [0.15, 0.2) is 66.9 Å². The van der Waals surface area contributed by atoms with Crippen molar-refractivity contribution in [3.8, 4) is 5.75 Å². The minimum Gasteiger partial charge on any atom is -0.497 e. The minimum atomic E-state index is 0.234. The zero-order valence-corrected chi connectivity index (χ0v) is 17.1. The monoisotopic (exact) mass is 374 g/mol. The summed E-state index contributed by atoms with van der Waals surface area (Å²) >= 11 is 0. The van der Waals surface area contributed by atoms with Crippen LogP contribution in [0.5, 0.6) is 5.75 Å². The molecule has 1 aliphatic heterocycles. The van der Waals surface area contributed by atoms with E-state index in [0.717, 1.165) is 31.8 Å². The fraction of sp³-hybridized carbons (Fsp3) is 0.360. The summed E-state index contributed by atoms with van der Waals surface area (Å²) in [6.07, 6.45) is 3.37. The molecule has 1 aliphatic rings. The lowest BCUT2D eigenvalue weighted by atomic mass is 9.99. The average Bonchev–Trinajstić information content (AvgIpc) is 3.10. The Morgan fingerprint density at radius 3 is 2.57 bits per heavy atom. The summed E-state index contributed by atoms with van der Waals surface area (Å²) in [5, 5.41) is 0. The number of aryl methyl sites for hydroxylation is 1. The molecule has 0 saturated carbocycles. The number of nitrogens with zero attached hydrogens (tertiary/aromatic N) is 2. The summed E-state index contributed by atoms with van der Waals surface area (Å²) in [4.78, 5) is 2.61. The first-order valence-corrected chi connectivity index (χ1v) is 10.3. The summed E-state index contributed by atoms with van der Waals surface area (Å²) in [6.45, 7) is 7.60. The van der Waals surface area contributed by atoms with Crippen LogP contribution in [0.3, 0.4) is 0 Å². The average molecular weight is 375 g/mol. The van der Waals surface area contributed by atoms with E-state index in [2.05, 4.69) is 84.1 Å². The zero-order valence-electron chi connectivity index (χ0n) is 17.1. The predicted molar refractivity (Wildman–Crippen MR) is 115 cm³/mol. The first kappa shape index (κ1) is 18.8. The lowest BCUT2D eigenvalue weighted by Crippen LogP contribution is -2.29. The van der Waals surface area contributed by atoms with Gasteiger partial charge < -0.3 is 9.30 Å². The molecular formula is C25H30N2O. The molecule has 0 bridgehead atoms. The van der Waals surface area contributed by atoms with Crippen LogP contribution in [0, 0.1) is 0 Å². The second-order valence-electron chi connectivity index (χ2n) is 8.03. The fourth-order valence-corrected chi connectivity index (χ4v) is 4.25. The van der Waals surface area contributed by atoms with Crippen molar-refractivity contribution in [1.29, 1.82) is 0 Å². The number of rotatable bonds is 5. The van der Waals surface area contributed by atoms with E-state index in [1.54, 1.807) is 7.11 Å². The summed E-state index contributed by atoms with van der Waals surface area (Å²) < 4.78 is 7.92. The van der Waals surface area contributed by atoms with E-state index in [0.29, 0.717) is 5.92 Å². The Morgan fingerprint density at radius 1 is 1.00 bits per heavy atom. The van der Waals surface area contributed by atoms with Gasteiger partial charge in [-0.25, -0.2) is 0 Å². The van der Waals surface area contributed by atoms with Gasteiger partial charge in [0.1, 0.15) is 5.75 Å². The summed E-state index contributed by atoms with van der Waals surface area (Å²) in [5.74, 6) is 1.49. The van der Waals surface area contributed by atoms with Crippen molar-refractivity contribution in [3.05, 3.63) is 89.2 Å². The Kier molecular flexibility index (Phi) is 5.54. The standard InChI is InChI=1S/C25H30N2O/c1-19(2)21-12-10-20(11-13-21)18-27-16-6-15-26-14-5-9-24(26)25(27)22-7-4-8-23(17-22)28-3/h4-5,7-14,17,19,25H,6,15-16,18H2,1-3H3/t25-/m1/s1. The highest BCUT2D eigenvalue weighted by molar-refractivity contribution is 5.36. The van der Waals surface area contributed by atoms with Gasteiger partial charge in [-0.05, 0) is 53.3 Å². The number of ether oxygens (including phenoxy) is 1. The van der Waals surface area contributed by atoms with Crippen molar-refractivity contribution in [1.82, 2.24) is 9.47 Å². The second kappa shape index (κ2) is 8.24. The highest BCUT2D eigenvalue weighted by Crippen LogP contribution is 2.34. The number of hydrogen-bond donors (Lipinski definition) is 0. The molecule has 0 saturated heterocycles. The molecule has 3 nitrogen and oxygen atoms in total. The Balaban J connectivity index is 1.69. The Labute approximate surface area is 168 Å². The molecule has 3 heteroatoms. The minimum absolute atomic E-state index is 0.234. The molecule has 1 atom stereocenters. The van der Waals surface area contributed by atoms with Gasteiger partial charge in [0.05, 0.1) is 13.2 Å². The van der Waals surface area contributed by atoms with Crippen LogP contribution in [-0.4, -0.2) is 23.1 Å². The van der Waals surface area contributed by atoms with E-state index in [9.17, 15) is 0 Å². The van der Waals surface area contributed by atoms with Crippen molar-refractivity contribution in [2.45, 2.75) is 45.3 Å². The maximum Gasteiger partial charge on any atom is 0.119 e. The van der Waals surface area contributed by atoms with Crippen LogP contribution >= 0.6 is 0 Å². The number of aromatic nitrogens is 1. The fourth-order valence-electron chi connectivity index (χ4n) is 4.25. The van der Waals surface area contributed by atoms with Crippen molar-refractivity contribution in [2.75, 3.05) is 13.7 Å². The molecule has 3 aromatic rings. The Hall–Kier alpha value is -2.52. The van der Waals surface area contributed by atoms with Gasteiger partial charge in [-0.1, -0.05) is 50.2 Å². The molecule has 0 fully saturated rings. The maximum atomic E-state index is 5.51. The normalized spacial score (nSPS) is 17.4. The van der Waals surface area contributed by atoms with Crippen LogP contribution in [0.4, 0.5) is 0 Å². The molecule has 0 amide bonds. The van der Waals surface area contributed by atoms with Crippen molar-refractivity contribution in [2.24, 2.45) is 0 Å². The van der Waals surface area contributed by atoms with Crippen LogP contribution in [-0.2, 0) is 13.1 Å². The quantitative estimate of drug-likeness (QED) is 0.577.